The number of likely N-dealkylation sites (tertiary alicyclic amines) is 1. The number of aromatic amines is 1. The van der Waals surface area contributed by atoms with Gasteiger partial charge >= 0.3 is 5.69 Å². The molecule has 6 nitrogen and oxygen atoms in total. The van der Waals surface area contributed by atoms with Gasteiger partial charge in [0.25, 0.3) is 0 Å². The maximum atomic E-state index is 12.3. The number of nitrogens with two attached hydrogens (primary N) is 1. The first-order valence-corrected chi connectivity index (χ1v) is 6.86. The van der Waals surface area contributed by atoms with Crippen molar-refractivity contribution in [3.8, 4) is 0 Å². The van der Waals surface area contributed by atoms with Gasteiger partial charge in [-0.15, -0.1) is 12.4 Å². The summed E-state index contributed by atoms with van der Waals surface area (Å²) in [5.74, 6) is -0.0243. The van der Waals surface area contributed by atoms with Gasteiger partial charge in [-0.25, -0.2) is 4.79 Å². The zero-order valence-electron chi connectivity index (χ0n) is 11.6. The number of carbonyl (C=O) groups is 1. The summed E-state index contributed by atoms with van der Waals surface area (Å²) in [6.45, 7) is 1.44. The van der Waals surface area contributed by atoms with Crippen LogP contribution >= 0.6 is 12.4 Å². The molecule has 114 valence electrons. The second-order valence-electron chi connectivity index (χ2n) is 5.25. The minimum atomic E-state index is -0.242. The van der Waals surface area contributed by atoms with E-state index in [1.807, 2.05) is 24.3 Å². The molecule has 0 aliphatic carbocycles. The number of aromatic nitrogens is 2. The number of hydrogen-bond acceptors (Lipinski definition) is 3. The number of rotatable bonds is 2. The summed E-state index contributed by atoms with van der Waals surface area (Å²) >= 11 is 0. The highest BCUT2D eigenvalue weighted by atomic mass is 35.5. The van der Waals surface area contributed by atoms with E-state index in [1.54, 1.807) is 4.90 Å². The monoisotopic (exact) mass is 310 g/mol. The molecule has 3 rings (SSSR count). The van der Waals surface area contributed by atoms with Crippen LogP contribution in [-0.2, 0) is 11.3 Å². The SMILES string of the molecule is Cl.NC1CCN(C(=O)Cn2c(=O)[nH]c3ccccc32)CC1. The summed E-state index contributed by atoms with van der Waals surface area (Å²) < 4.78 is 1.49. The van der Waals surface area contributed by atoms with Gasteiger partial charge in [0.05, 0.1) is 11.0 Å². The average Bonchev–Trinajstić information content (AvgIpc) is 2.76. The molecule has 0 radical (unpaired) electrons. The maximum Gasteiger partial charge on any atom is 0.326 e. The van der Waals surface area contributed by atoms with Crippen molar-refractivity contribution in [2.45, 2.75) is 25.4 Å². The van der Waals surface area contributed by atoms with Gasteiger partial charge in [-0.1, -0.05) is 12.1 Å². The Morgan fingerprint density at radius 2 is 1.95 bits per heavy atom. The molecule has 0 unspecified atom stereocenters. The lowest BCUT2D eigenvalue weighted by Crippen LogP contribution is -2.44. The molecule has 1 aromatic carbocycles. The number of imidazole rings is 1. The highest BCUT2D eigenvalue weighted by Crippen LogP contribution is 2.12. The van der Waals surface area contributed by atoms with E-state index >= 15 is 0 Å². The minimum Gasteiger partial charge on any atom is -0.341 e. The van der Waals surface area contributed by atoms with Crippen LogP contribution in [0.15, 0.2) is 29.1 Å². The van der Waals surface area contributed by atoms with Crippen molar-refractivity contribution in [2.24, 2.45) is 5.73 Å². The number of fused-ring (bicyclic) bond motifs is 1. The molecule has 1 fully saturated rings. The number of nitrogens with zero attached hydrogens (tertiary/aromatic N) is 2. The number of H-pyrrole nitrogens is 1. The fraction of sp³-hybridized carbons (Fsp3) is 0.429. The molecule has 2 heterocycles. The summed E-state index contributed by atoms with van der Waals surface area (Å²) in [5.41, 5.74) is 7.11. The van der Waals surface area contributed by atoms with Gasteiger partial charge in [-0.2, -0.15) is 0 Å². The number of hydrogen-bond donors (Lipinski definition) is 2. The van der Waals surface area contributed by atoms with Crippen molar-refractivity contribution in [3.63, 3.8) is 0 Å². The second kappa shape index (κ2) is 6.32. The van der Waals surface area contributed by atoms with E-state index in [0.29, 0.717) is 13.1 Å². The third kappa shape index (κ3) is 3.11. The number of piperidine rings is 1. The predicted molar refractivity (Wildman–Crippen MR) is 83.6 cm³/mol. The Morgan fingerprint density at radius 3 is 2.67 bits per heavy atom. The smallest absolute Gasteiger partial charge is 0.326 e. The molecular weight excluding hydrogens is 292 g/mol. The number of benzene rings is 1. The van der Waals surface area contributed by atoms with E-state index in [0.717, 1.165) is 23.9 Å². The average molecular weight is 311 g/mol. The minimum absolute atomic E-state index is 0. The van der Waals surface area contributed by atoms with Crippen molar-refractivity contribution in [1.29, 1.82) is 0 Å². The van der Waals surface area contributed by atoms with Crippen molar-refractivity contribution in [3.05, 3.63) is 34.7 Å². The Labute approximate surface area is 128 Å². The zero-order valence-corrected chi connectivity index (χ0v) is 12.4. The maximum absolute atomic E-state index is 12.3. The first-order valence-electron chi connectivity index (χ1n) is 6.86. The lowest BCUT2D eigenvalue weighted by atomic mass is 10.1. The molecule has 7 heteroatoms. The molecule has 1 amide bonds. The standard InChI is InChI=1S/C14H18N4O2.ClH/c15-10-5-7-17(8-6-10)13(19)9-18-12-4-2-1-3-11(12)16-14(18)20;/h1-4,10H,5-9,15H2,(H,16,20);1H. The fourth-order valence-electron chi connectivity index (χ4n) is 2.65. The van der Waals surface area contributed by atoms with Crippen LogP contribution in [0.3, 0.4) is 0 Å². The lowest BCUT2D eigenvalue weighted by Gasteiger charge is -2.30. The molecule has 1 saturated heterocycles. The van der Waals surface area contributed by atoms with Crippen LogP contribution in [0.5, 0.6) is 0 Å². The molecule has 21 heavy (non-hydrogen) atoms. The molecule has 2 aromatic rings. The van der Waals surface area contributed by atoms with Gasteiger partial charge in [0.15, 0.2) is 0 Å². The van der Waals surface area contributed by atoms with Crippen LogP contribution in [0, 0.1) is 0 Å². The number of carbonyl (C=O) groups excluding carboxylic acids is 1. The number of amides is 1. The van der Waals surface area contributed by atoms with Crippen molar-refractivity contribution >= 4 is 29.3 Å². The molecule has 1 aliphatic rings. The normalized spacial score (nSPS) is 16.0. The quantitative estimate of drug-likeness (QED) is 0.856. The van der Waals surface area contributed by atoms with Crippen LogP contribution < -0.4 is 11.4 Å². The van der Waals surface area contributed by atoms with Gasteiger partial charge in [0, 0.05) is 19.1 Å². The van der Waals surface area contributed by atoms with E-state index in [1.165, 1.54) is 4.57 Å². The highest BCUT2D eigenvalue weighted by Gasteiger charge is 2.21. The summed E-state index contributed by atoms with van der Waals surface area (Å²) in [7, 11) is 0. The Hall–Kier alpha value is -1.79. The molecular formula is C14H19ClN4O2. The van der Waals surface area contributed by atoms with Gasteiger partial charge < -0.3 is 15.6 Å². The van der Waals surface area contributed by atoms with Crippen LogP contribution in [0.2, 0.25) is 0 Å². The summed E-state index contributed by atoms with van der Waals surface area (Å²) in [6.07, 6.45) is 1.66. The van der Waals surface area contributed by atoms with Crippen LogP contribution in [0.25, 0.3) is 11.0 Å². The Morgan fingerprint density at radius 1 is 1.29 bits per heavy atom. The summed E-state index contributed by atoms with van der Waals surface area (Å²) in [6, 6.07) is 7.58. The largest absolute Gasteiger partial charge is 0.341 e. The Kier molecular flexibility index (Phi) is 4.69. The first-order chi connectivity index (χ1) is 9.65. The lowest BCUT2D eigenvalue weighted by molar-refractivity contribution is -0.132. The number of halogens is 1. The summed E-state index contributed by atoms with van der Waals surface area (Å²) in [4.78, 5) is 28.8. The molecule has 3 N–H and O–H groups in total. The number of nitrogens with one attached hydrogen (secondary N) is 1. The molecule has 0 spiro atoms. The van der Waals surface area contributed by atoms with Gasteiger partial charge in [0.2, 0.25) is 5.91 Å². The first kappa shape index (κ1) is 15.6. The third-order valence-electron chi connectivity index (χ3n) is 3.87. The number of para-hydroxylation sites is 2. The van der Waals surface area contributed by atoms with E-state index in [9.17, 15) is 9.59 Å². The third-order valence-corrected chi connectivity index (χ3v) is 3.87. The van der Waals surface area contributed by atoms with Gasteiger partial charge in [-0.3, -0.25) is 9.36 Å². The van der Waals surface area contributed by atoms with Crippen molar-refractivity contribution < 1.29 is 4.79 Å². The van der Waals surface area contributed by atoms with Crippen LogP contribution in [0.4, 0.5) is 0 Å². The molecule has 0 saturated carbocycles. The predicted octanol–water partition coefficient (Wildman–Crippen LogP) is 0.701. The Balaban J connectivity index is 0.00000161. The van der Waals surface area contributed by atoms with Crippen molar-refractivity contribution in [2.75, 3.05) is 13.1 Å². The summed E-state index contributed by atoms with van der Waals surface area (Å²) in [5, 5.41) is 0. The van der Waals surface area contributed by atoms with Crippen LogP contribution in [-0.4, -0.2) is 39.5 Å². The zero-order chi connectivity index (χ0) is 14.1. The molecule has 0 bridgehead atoms. The molecule has 1 aliphatic heterocycles. The van der Waals surface area contributed by atoms with Gasteiger partial charge in [-0.05, 0) is 25.0 Å². The second-order valence-corrected chi connectivity index (χ2v) is 5.25. The van der Waals surface area contributed by atoms with E-state index < -0.39 is 0 Å². The highest BCUT2D eigenvalue weighted by molar-refractivity contribution is 5.85. The van der Waals surface area contributed by atoms with Crippen molar-refractivity contribution in [1.82, 2.24) is 14.5 Å². The van der Waals surface area contributed by atoms with E-state index in [2.05, 4.69) is 4.98 Å². The topological polar surface area (TPSA) is 84.1 Å². The molecule has 0 atom stereocenters. The fourth-order valence-corrected chi connectivity index (χ4v) is 2.65. The van der Waals surface area contributed by atoms with Crippen LogP contribution in [0.1, 0.15) is 12.8 Å². The van der Waals surface area contributed by atoms with Gasteiger partial charge in [0.1, 0.15) is 6.54 Å². The van der Waals surface area contributed by atoms with E-state index in [-0.39, 0.29) is 36.6 Å². The molecule has 1 aromatic heterocycles. The van der Waals surface area contributed by atoms with E-state index in [4.69, 9.17) is 5.73 Å². The Bertz CT molecular complexity index is 686.